The highest BCUT2D eigenvalue weighted by atomic mass is 14.8. The minimum atomic E-state index is 0.244. The Morgan fingerprint density at radius 1 is 0.500 bits per heavy atom. The zero-order chi connectivity index (χ0) is 30.6. The average Bonchev–Trinajstić information content (AvgIpc) is 2.86. The van der Waals surface area contributed by atoms with Crippen LogP contribution in [-0.2, 0) is 31.5 Å². The number of aryl methyl sites for hydroxylation is 8. The quantitative estimate of drug-likeness (QED) is 0.280. The van der Waals surface area contributed by atoms with Gasteiger partial charge in [0.25, 0.3) is 0 Å². The van der Waals surface area contributed by atoms with Gasteiger partial charge in [-0.1, -0.05) is 69.7 Å². The molecule has 222 valence electrons. The molecule has 40 heavy (non-hydrogen) atoms. The van der Waals surface area contributed by atoms with Crippen molar-refractivity contribution in [3.05, 3.63) is 103 Å². The van der Waals surface area contributed by atoms with E-state index in [0.29, 0.717) is 0 Å². The molecule has 0 aliphatic carbocycles. The van der Waals surface area contributed by atoms with Crippen LogP contribution in [0.4, 0.5) is 0 Å². The molecule has 0 spiro atoms. The molecule has 0 bridgehead atoms. The Hall–Kier alpha value is -2.46. The second-order valence-corrected chi connectivity index (χ2v) is 12.4. The highest BCUT2D eigenvalue weighted by molar-refractivity contribution is 5.41. The van der Waals surface area contributed by atoms with E-state index in [0.717, 1.165) is 26.1 Å². The van der Waals surface area contributed by atoms with Crippen LogP contribution in [0.3, 0.4) is 0 Å². The molecule has 0 saturated heterocycles. The van der Waals surface area contributed by atoms with Gasteiger partial charge in [0, 0.05) is 19.6 Å². The minimum Gasteiger partial charge on any atom is -0.316 e. The fourth-order valence-corrected chi connectivity index (χ4v) is 5.29. The van der Waals surface area contributed by atoms with Gasteiger partial charge < -0.3 is 16.0 Å². The van der Waals surface area contributed by atoms with Crippen LogP contribution >= 0.6 is 0 Å². The van der Waals surface area contributed by atoms with Gasteiger partial charge in [0.2, 0.25) is 0 Å². The van der Waals surface area contributed by atoms with Crippen molar-refractivity contribution in [1.82, 2.24) is 16.0 Å². The molecular weight excluding hydrogens is 486 g/mol. The van der Waals surface area contributed by atoms with E-state index in [9.17, 15) is 0 Å². The van der Waals surface area contributed by atoms with Crippen molar-refractivity contribution in [3.8, 4) is 0 Å². The zero-order valence-electron chi connectivity index (χ0n) is 28.3. The molecule has 0 aliphatic rings. The molecule has 3 aromatic carbocycles. The first-order valence-corrected chi connectivity index (χ1v) is 14.9. The first-order chi connectivity index (χ1) is 18.7. The standard InChI is InChI=1S/C14H23N.C12H19N.C11H17N/c1-10-7-12(14(3,4)5)8-11(2)13(10)9-15-6;1-5-11-6-9(2)12(8-13-4)10(3)7-11;1-8-5-9(2)11(7-12-4)10(3)6-8/h7-8,15H,9H2,1-6H3;6-7,13H,5,8H2,1-4H3;5-6,12H,7H2,1-4H3. The third-order valence-electron chi connectivity index (χ3n) is 7.63. The summed E-state index contributed by atoms with van der Waals surface area (Å²) in [6.45, 7) is 27.2. The maximum atomic E-state index is 3.22. The van der Waals surface area contributed by atoms with Gasteiger partial charge in [-0.2, -0.15) is 0 Å². The van der Waals surface area contributed by atoms with Crippen LogP contribution < -0.4 is 16.0 Å². The lowest BCUT2D eigenvalue weighted by Gasteiger charge is -2.22. The molecule has 0 saturated carbocycles. The van der Waals surface area contributed by atoms with Gasteiger partial charge in [0.15, 0.2) is 0 Å². The molecule has 0 amide bonds. The molecule has 0 heterocycles. The molecular formula is C37H59N3. The van der Waals surface area contributed by atoms with Crippen molar-refractivity contribution in [2.45, 2.75) is 108 Å². The predicted molar refractivity (Wildman–Crippen MR) is 179 cm³/mol. The Morgan fingerprint density at radius 3 is 1.07 bits per heavy atom. The second kappa shape index (κ2) is 16.7. The van der Waals surface area contributed by atoms with Crippen LogP contribution in [0, 0.1) is 48.5 Å². The number of hydrogen-bond donors (Lipinski definition) is 3. The highest BCUT2D eigenvalue weighted by Gasteiger charge is 2.15. The van der Waals surface area contributed by atoms with Crippen molar-refractivity contribution in [3.63, 3.8) is 0 Å². The van der Waals surface area contributed by atoms with Gasteiger partial charge in [-0.25, -0.2) is 0 Å². The van der Waals surface area contributed by atoms with E-state index >= 15 is 0 Å². The molecule has 0 aromatic heterocycles. The van der Waals surface area contributed by atoms with Crippen LogP contribution in [0.5, 0.6) is 0 Å². The molecule has 0 unspecified atom stereocenters. The summed E-state index contributed by atoms with van der Waals surface area (Å²) < 4.78 is 0. The van der Waals surface area contributed by atoms with E-state index < -0.39 is 0 Å². The monoisotopic (exact) mass is 545 g/mol. The van der Waals surface area contributed by atoms with E-state index in [1.165, 1.54) is 66.8 Å². The molecule has 3 aromatic rings. The topological polar surface area (TPSA) is 36.1 Å². The molecule has 3 rings (SSSR count). The smallest absolute Gasteiger partial charge is 0.0207 e. The summed E-state index contributed by atoms with van der Waals surface area (Å²) in [7, 11) is 5.97. The van der Waals surface area contributed by atoms with E-state index in [2.05, 4.69) is 129 Å². The Labute approximate surface area is 247 Å². The lowest BCUT2D eigenvalue weighted by molar-refractivity contribution is 0.588. The molecule has 3 nitrogen and oxygen atoms in total. The molecule has 3 N–H and O–H groups in total. The van der Waals surface area contributed by atoms with Crippen LogP contribution in [0.2, 0.25) is 0 Å². The van der Waals surface area contributed by atoms with Gasteiger partial charge >= 0.3 is 0 Å². The molecule has 0 radical (unpaired) electrons. The van der Waals surface area contributed by atoms with E-state index in [4.69, 9.17) is 0 Å². The highest BCUT2D eigenvalue weighted by Crippen LogP contribution is 2.26. The van der Waals surface area contributed by atoms with E-state index in [1.807, 2.05) is 21.1 Å². The summed E-state index contributed by atoms with van der Waals surface area (Å²) in [5.74, 6) is 0. The van der Waals surface area contributed by atoms with Crippen molar-refractivity contribution < 1.29 is 0 Å². The summed E-state index contributed by atoms with van der Waals surface area (Å²) in [6, 6.07) is 13.7. The molecule has 0 aliphatic heterocycles. The Balaban J connectivity index is 0.000000302. The number of rotatable bonds is 7. The summed E-state index contributed by atoms with van der Waals surface area (Å²) in [4.78, 5) is 0. The van der Waals surface area contributed by atoms with Crippen molar-refractivity contribution in [2.24, 2.45) is 0 Å². The normalized spacial score (nSPS) is 10.9. The predicted octanol–water partition coefficient (Wildman–Crippen LogP) is 8.24. The number of benzene rings is 3. The van der Waals surface area contributed by atoms with Crippen molar-refractivity contribution >= 4 is 0 Å². The molecule has 0 fully saturated rings. The van der Waals surface area contributed by atoms with E-state index in [-0.39, 0.29) is 5.41 Å². The van der Waals surface area contributed by atoms with Crippen LogP contribution in [0.15, 0.2) is 36.4 Å². The third kappa shape index (κ3) is 10.8. The Bertz CT molecular complexity index is 1150. The van der Waals surface area contributed by atoms with Gasteiger partial charge in [-0.15, -0.1) is 0 Å². The Morgan fingerprint density at radius 2 is 0.800 bits per heavy atom. The minimum absolute atomic E-state index is 0.244. The second-order valence-electron chi connectivity index (χ2n) is 12.4. The lowest BCUT2D eigenvalue weighted by atomic mass is 9.84. The summed E-state index contributed by atoms with van der Waals surface area (Å²) >= 11 is 0. The summed E-state index contributed by atoms with van der Waals surface area (Å²) in [6.07, 6.45) is 1.13. The SMILES string of the molecule is CCc1cc(C)c(CNC)c(C)c1.CNCc1c(C)cc(C(C)(C)C)cc1C.CNCc1c(C)cc(C)cc1C. The first-order valence-electron chi connectivity index (χ1n) is 14.9. The summed E-state index contributed by atoms with van der Waals surface area (Å²) in [5.41, 5.74) is 17.2. The fourth-order valence-electron chi connectivity index (χ4n) is 5.29. The molecule has 0 atom stereocenters. The molecule has 3 heteroatoms. The Kier molecular flexibility index (Phi) is 14.9. The zero-order valence-corrected chi connectivity index (χ0v) is 28.3. The number of nitrogens with one attached hydrogen (secondary N) is 3. The van der Waals surface area contributed by atoms with Crippen LogP contribution in [0.1, 0.15) is 94.5 Å². The van der Waals surface area contributed by atoms with E-state index in [1.54, 1.807) is 0 Å². The van der Waals surface area contributed by atoms with Crippen LogP contribution in [-0.4, -0.2) is 21.1 Å². The van der Waals surface area contributed by atoms with Gasteiger partial charge in [-0.3, -0.25) is 0 Å². The van der Waals surface area contributed by atoms with Crippen LogP contribution in [0.25, 0.3) is 0 Å². The third-order valence-corrected chi connectivity index (χ3v) is 7.63. The largest absolute Gasteiger partial charge is 0.316 e. The fraction of sp³-hybridized carbons (Fsp3) is 0.514. The van der Waals surface area contributed by atoms with Gasteiger partial charge in [-0.05, 0) is 143 Å². The maximum absolute atomic E-state index is 3.22. The average molecular weight is 546 g/mol. The summed E-state index contributed by atoms with van der Waals surface area (Å²) in [5, 5.41) is 9.61. The lowest BCUT2D eigenvalue weighted by Crippen LogP contribution is -2.14. The first kappa shape index (κ1) is 35.6. The van der Waals surface area contributed by atoms with Crippen molar-refractivity contribution in [2.75, 3.05) is 21.1 Å². The maximum Gasteiger partial charge on any atom is 0.0207 e. The van der Waals surface area contributed by atoms with Gasteiger partial charge in [0.1, 0.15) is 0 Å². The van der Waals surface area contributed by atoms with Gasteiger partial charge in [0.05, 0.1) is 0 Å². The van der Waals surface area contributed by atoms with Crippen molar-refractivity contribution in [1.29, 1.82) is 0 Å². The number of hydrogen-bond acceptors (Lipinski definition) is 3.